The fraction of sp³-hybridized carbons (Fsp3) is 0.571. The van der Waals surface area contributed by atoms with Crippen molar-refractivity contribution in [1.82, 2.24) is 4.31 Å². The Balaban J connectivity index is 2.34. The maximum absolute atomic E-state index is 12.8. The number of nitrogens with zero attached hydrogens (tertiary/aromatic N) is 1. The van der Waals surface area contributed by atoms with Crippen LogP contribution in [-0.4, -0.2) is 31.2 Å². The first-order valence-corrected chi connectivity index (χ1v) is 9.25. The average Bonchev–Trinajstić information content (AvgIpc) is 2.45. The van der Waals surface area contributed by atoms with Crippen molar-refractivity contribution in [2.45, 2.75) is 43.0 Å². The van der Waals surface area contributed by atoms with Crippen LogP contribution in [0.1, 0.15) is 32.1 Å². The van der Waals surface area contributed by atoms with Gasteiger partial charge in [-0.05, 0) is 25.0 Å². The first-order valence-electron chi connectivity index (χ1n) is 6.89. The van der Waals surface area contributed by atoms with E-state index >= 15 is 0 Å². The molecular weight excluding hydrogens is 317 g/mol. The lowest BCUT2D eigenvalue weighted by atomic mass is 9.95. The number of benzene rings is 1. The Labute approximate surface area is 130 Å². The molecule has 1 saturated carbocycles. The van der Waals surface area contributed by atoms with Gasteiger partial charge in [0, 0.05) is 18.5 Å². The van der Waals surface area contributed by atoms with Crippen LogP contribution in [0.2, 0.25) is 5.02 Å². The lowest BCUT2D eigenvalue weighted by molar-refractivity contribution is 0.262. The van der Waals surface area contributed by atoms with Crippen molar-refractivity contribution in [1.29, 1.82) is 0 Å². The van der Waals surface area contributed by atoms with E-state index in [1.54, 1.807) is 28.6 Å². The van der Waals surface area contributed by atoms with Gasteiger partial charge in [-0.15, -0.1) is 11.6 Å². The number of sulfonamides is 1. The smallest absolute Gasteiger partial charge is 0.207 e. The van der Waals surface area contributed by atoms with E-state index in [2.05, 4.69) is 0 Å². The van der Waals surface area contributed by atoms with Crippen LogP contribution >= 0.6 is 23.2 Å². The highest BCUT2D eigenvalue weighted by molar-refractivity contribution is 7.89. The van der Waals surface area contributed by atoms with E-state index in [1.165, 1.54) is 6.42 Å². The van der Waals surface area contributed by atoms with Gasteiger partial charge in [0.05, 0.1) is 5.02 Å². The molecule has 1 aliphatic rings. The summed E-state index contributed by atoms with van der Waals surface area (Å²) in [5.41, 5.74) is 0. The summed E-state index contributed by atoms with van der Waals surface area (Å²) in [5, 5.41) is 0.267. The molecule has 1 aromatic carbocycles. The molecule has 20 heavy (non-hydrogen) atoms. The van der Waals surface area contributed by atoms with E-state index in [1.807, 2.05) is 0 Å². The summed E-state index contributed by atoms with van der Waals surface area (Å²) < 4.78 is 27.2. The van der Waals surface area contributed by atoms with Crippen LogP contribution in [0.5, 0.6) is 0 Å². The van der Waals surface area contributed by atoms with Crippen LogP contribution in [0.15, 0.2) is 29.2 Å². The third-order valence-corrected chi connectivity index (χ3v) is 6.33. The number of rotatable bonds is 5. The van der Waals surface area contributed by atoms with Gasteiger partial charge in [0.15, 0.2) is 0 Å². The molecule has 0 amide bonds. The molecule has 0 aliphatic heterocycles. The lowest BCUT2D eigenvalue weighted by Gasteiger charge is -2.33. The zero-order valence-electron chi connectivity index (χ0n) is 11.3. The zero-order chi connectivity index (χ0) is 14.6. The second-order valence-corrected chi connectivity index (χ2v) is 7.67. The molecule has 1 aromatic rings. The first kappa shape index (κ1) is 16.1. The van der Waals surface area contributed by atoms with Gasteiger partial charge in [0.25, 0.3) is 0 Å². The Hall–Kier alpha value is -0.290. The lowest BCUT2D eigenvalue weighted by Crippen LogP contribution is -2.42. The van der Waals surface area contributed by atoms with Crippen LogP contribution in [0.25, 0.3) is 0 Å². The normalized spacial score (nSPS) is 17.6. The molecule has 112 valence electrons. The molecule has 0 spiro atoms. The molecule has 1 aliphatic carbocycles. The Kier molecular flexibility index (Phi) is 5.73. The molecule has 1 fully saturated rings. The molecule has 0 N–H and O–H groups in total. The Morgan fingerprint density at radius 3 is 2.40 bits per heavy atom. The van der Waals surface area contributed by atoms with Crippen molar-refractivity contribution in [3.05, 3.63) is 29.3 Å². The highest BCUT2D eigenvalue weighted by atomic mass is 35.5. The standard InChI is InChI=1S/C14H19Cl2NO2S/c15-10-11-17(12-6-2-1-3-7-12)20(18,19)14-9-5-4-8-13(14)16/h4-5,8-9,12H,1-3,6-7,10-11H2. The summed E-state index contributed by atoms with van der Waals surface area (Å²) in [5.74, 6) is 0.292. The van der Waals surface area contributed by atoms with E-state index < -0.39 is 10.0 Å². The second kappa shape index (κ2) is 7.12. The maximum atomic E-state index is 12.8. The summed E-state index contributed by atoms with van der Waals surface area (Å²) in [4.78, 5) is 0.178. The van der Waals surface area contributed by atoms with Crippen molar-refractivity contribution in [2.24, 2.45) is 0 Å². The molecule has 2 rings (SSSR count). The van der Waals surface area contributed by atoms with Gasteiger partial charge in [-0.3, -0.25) is 0 Å². The Morgan fingerprint density at radius 2 is 1.80 bits per heavy atom. The van der Waals surface area contributed by atoms with Gasteiger partial charge in [-0.2, -0.15) is 4.31 Å². The van der Waals surface area contributed by atoms with Crippen LogP contribution in [0, 0.1) is 0 Å². The van der Waals surface area contributed by atoms with Crippen molar-refractivity contribution in [3.8, 4) is 0 Å². The monoisotopic (exact) mass is 335 g/mol. The van der Waals surface area contributed by atoms with Gasteiger partial charge in [-0.25, -0.2) is 8.42 Å². The van der Waals surface area contributed by atoms with Crippen LogP contribution in [-0.2, 0) is 10.0 Å². The summed E-state index contributed by atoms with van der Waals surface area (Å²) in [7, 11) is -3.58. The summed E-state index contributed by atoms with van der Waals surface area (Å²) >= 11 is 11.9. The minimum atomic E-state index is -3.58. The van der Waals surface area contributed by atoms with Crippen molar-refractivity contribution < 1.29 is 8.42 Å². The van der Waals surface area contributed by atoms with Crippen LogP contribution < -0.4 is 0 Å². The summed E-state index contributed by atoms with van der Waals surface area (Å²) in [6.45, 7) is 0.333. The quantitative estimate of drug-likeness (QED) is 0.765. The van der Waals surface area contributed by atoms with Gasteiger partial charge < -0.3 is 0 Å². The highest BCUT2D eigenvalue weighted by Gasteiger charge is 2.32. The SMILES string of the molecule is O=S(=O)(c1ccccc1Cl)N(CCCl)C1CCCCC1. The molecule has 0 aromatic heterocycles. The minimum Gasteiger partial charge on any atom is -0.207 e. The van der Waals surface area contributed by atoms with Gasteiger partial charge in [0.2, 0.25) is 10.0 Å². The van der Waals surface area contributed by atoms with Crippen LogP contribution in [0.4, 0.5) is 0 Å². The fourth-order valence-corrected chi connectivity index (χ4v) is 5.19. The fourth-order valence-electron chi connectivity index (χ4n) is 2.73. The predicted octanol–water partition coefficient (Wildman–Crippen LogP) is 3.90. The van der Waals surface area contributed by atoms with E-state index in [-0.39, 0.29) is 16.0 Å². The predicted molar refractivity (Wildman–Crippen MR) is 82.9 cm³/mol. The second-order valence-electron chi connectivity index (χ2n) is 5.03. The number of alkyl halides is 1. The number of hydrogen-bond donors (Lipinski definition) is 0. The van der Waals surface area contributed by atoms with E-state index in [4.69, 9.17) is 23.2 Å². The van der Waals surface area contributed by atoms with Gasteiger partial charge in [-0.1, -0.05) is 43.0 Å². The van der Waals surface area contributed by atoms with E-state index in [0.29, 0.717) is 12.4 Å². The summed E-state index contributed by atoms with van der Waals surface area (Å²) in [6.07, 6.45) is 5.13. The van der Waals surface area contributed by atoms with Crippen molar-refractivity contribution in [2.75, 3.05) is 12.4 Å². The Bertz CT molecular complexity index is 542. The van der Waals surface area contributed by atoms with Crippen molar-refractivity contribution in [3.63, 3.8) is 0 Å². The number of halogens is 2. The molecule has 0 unspecified atom stereocenters. The van der Waals surface area contributed by atoms with Gasteiger partial charge in [0.1, 0.15) is 4.90 Å². The topological polar surface area (TPSA) is 37.4 Å². The third kappa shape index (κ3) is 3.48. The largest absolute Gasteiger partial charge is 0.244 e. The Morgan fingerprint density at radius 1 is 1.15 bits per heavy atom. The highest BCUT2D eigenvalue weighted by Crippen LogP contribution is 2.30. The molecule has 6 heteroatoms. The molecule has 0 saturated heterocycles. The number of hydrogen-bond acceptors (Lipinski definition) is 2. The summed E-state index contributed by atoms with van der Waals surface area (Å²) in [6, 6.07) is 6.63. The molecule has 0 bridgehead atoms. The zero-order valence-corrected chi connectivity index (χ0v) is 13.6. The molecular formula is C14H19Cl2NO2S. The van der Waals surface area contributed by atoms with E-state index in [0.717, 1.165) is 25.7 Å². The van der Waals surface area contributed by atoms with Crippen molar-refractivity contribution >= 4 is 33.2 Å². The first-order chi connectivity index (χ1) is 9.57. The molecule has 0 heterocycles. The minimum absolute atomic E-state index is 0.0452. The maximum Gasteiger partial charge on any atom is 0.244 e. The van der Waals surface area contributed by atoms with Gasteiger partial charge >= 0.3 is 0 Å². The third-order valence-electron chi connectivity index (χ3n) is 3.71. The average molecular weight is 336 g/mol. The molecule has 0 radical (unpaired) electrons. The molecule has 3 nitrogen and oxygen atoms in total. The van der Waals surface area contributed by atoms with Crippen LogP contribution in [0.3, 0.4) is 0 Å². The molecule has 0 atom stereocenters. The van der Waals surface area contributed by atoms with E-state index in [9.17, 15) is 8.42 Å².